The smallest absolute Gasteiger partial charge is 0.260 e. The summed E-state index contributed by atoms with van der Waals surface area (Å²) in [5.74, 6) is 1.62. The van der Waals surface area contributed by atoms with E-state index in [1.807, 2.05) is 41.3 Å². The summed E-state index contributed by atoms with van der Waals surface area (Å²) in [7, 11) is 0. The lowest BCUT2D eigenvalue weighted by molar-refractivity contribution is -0.133. The second-order valence-corrected chi connectivity index (χ2v) is 7.13. The highest BCUT2D eigenvalue weighted by Gasteiger charge is 2.22. The Hall–Kier alpha value is -1.54. The molecule has 0 saturated carbocycles. The third kappa shape index (κ3) is 4.51. The summed E-state index contributed by atoms with van der Waals surface area (Å²) in [4.78, 5) is 20.6. The molecule has 0 aliphatic carbocycles. The summed E-state index contributed by atoms with van der Waals surface area (Å²) >= 11 is 8.10. The molecule has 1 fully saturated rings. The number of hydrogen-bond acceptors (Lipinski definition) is 4. The quantitative estimate of drug-likeness (QED) is 0.662. The summed E-state index contributed by atoms with van der Waals surface area (Å²) in [6.07, 6.45) is 1.64. The maximum absolute atomic E-state index is 12.3. The van der Waals surface area contributed by atoms with Gasteiger partial charge >= 0.3 is 0 Å². The van der Waals surface area contributed by atoms with Crippen LogP contribution in [0, 0.1) is 3.57 Å². The van der Waals surface area contributed by atoms with Crippen molar-refractivity contribution in [1.82, 2.24) is 9.88 Å². The number of carbonyl (C=O) groups is 1. The fourth-order valence-electron chi connectivity index (χ4n) is 2.51. The molecule has 0 radical (unpaired) electrons. The van der Waals surface area contributed by atoms with Crippen LogP contribution >= 0.6 is 34.2 Å². The topological polar surface area (TPSA) is 45.7 Å². The van der Waals surface area contributed by atoms with Gasteiger partial charge in [-0.05, 0) is 59.0 Å². The van der Waals surface area contributed by atoms with E-state index in [4.69, 9.17) is 16.3 Å². The summed E-state index contributed by atoms with van der Waals surface area (Å²) < 4.78 is 6.70. The van der Waals surface area contributed by atoms with E-state index in [9.17, 15) is 4.79 Å². The van der Waals surface area contributed by atoms with Crippen molar-refractivity contribution >= 4 is 45.9 Å². The van der Waals surface area contributed by atoms with Gasteiger partial charge in [0.2, 0.25) is 0 Å². The minimum Gasteiger partial charge on any atom is -0.484 e. The first-order valence-electron chi connectivity index (χ1n) is 7.64. The van der Waals surface area contributed by atoms with E-state index in [2.05, 4.69) is 32.5 Å². The molecule has 1 saturated heterocycles. The molecule has 1 aliphatic heterocycles. The Bertz CT molecular complexity index is 686. The molecule has 0 bridgehead atoms. The Labute approximate surface area is 159 Å². The molecule has 1 amide bonds. The van der Waals surface area contributed by atoms with Crippen LogP contribution in [0.1, 0.15) is 0 Å². The number of carbonyl (C=O) groups excluding carboxylic acids is 1. The second kappa shape index (κ2) is 8.02. The zero-order chi connectivity index (χ0) is 16.9. The maximum Gasteiger partial charge on any atom is 0.260 e. The van der Waals surface area contributed by atoms with Gasteiger partial charge in [-0.3, -0.25) is 4.79 Å². The van der Waals surface area contributed by atoms with E-state index in [0.29, 0.717) is 23.9 Å². The van der Waals surface area contributed by atoms with E-state index in [-0.39, 0.29) is 12.5 Å². The molecule has 1 aliphatic rings. The van der Waals surface area contributed by atoms with Crippen molar-refractivity contribution in [2.75, 3.05) is 37.7 Å². The van der Waals surface area contributed by atoms with Crippen molar-refractivity contribution in [3.63, 3.8) is 0 Å². The van der Waals surface area contributed by atoms with Crippen molar-refractivity contribution in [1.29, 1.82) is 0 Å². The van der Waals surface area contributed by atoms with Gasteiger partial charge in [0, 0.05) is 35.9 Å². The Morgan fingerprint density at radius 1 is 1.12 bits per heavy atom. The van der Waals surface area contributed by atoms with Gasteiger partial charge < -0.3 is 14.5 Å². The molecule has 0 atom stereocenters. The van der Waals surface area contributed by atoms with Crippen LogP contribution in [0.25, 0.3) is 0 Å². The van der Waals surface area contributed by atoms with Crippen LogP contribution in [0.5, 0.6) is 5.75 Å². The second-order valence-electron chi connectivity index (χ2n) is 5.45. The van der Waals surface area contributed by atoms with Crippen molar-refractivity contribution < 1.29 is 9.53 Å². The van der Waals surface area contributed by atoms with Crippen LogP contribution in [0.4, 0.5) is 5.82 Å². The number of amides is 1. The first kappa shape index (κ1) is 17.3. The van der Waals surface area contributed by atoms with Gasteiger partial charge in [-0.15, -0.1) is 0 Å². The molecule has 7 heteroatoms. The van der Waals surface area contributed by atoms with Gasteiger partial charge in [0.1, 0.15) is 11.6 Å². The molecule has 5 nitrogen and oxygen atoms in total. The van der Waals surface area contributed by atoms with Crippen molar-refractivity contribution in [3.8, 4) is 5.75 Å². The zero-order valence-electron chi connectivity index (χ0n) is 13.0. The largest absolute Gasteiger partial charge is 0.484 e. The van der Waals surface area contributed by atoms with Gasteiger partial charge in [0.05, 0.1) is 5.02 Å². The van der Waals surface area contributed by atoms with Crippen LogP contribution in [-0.4, -0.2) is 48.6 Å². The fraction of sp³-hybridized carbons (Fsp3) is 0.294. The van der Waals surface area contributed by atoms with Gasteiger partial charge in [-0.2, -0.15) is 0 Å². The standard InChI is InChI=1S/C17H17ClIN3O2/c18-13-1-6-16(20-11-13)21-7-9-22(10-8-21)17(23)12-24-15-4-2-14(19)3-5-15/h1-6,11H,7-10,12H2. The number of anilines is 1. The maximum atomic E-state index is 12.3. The Balaban J connectivity index is 1.48. The average Bonchev–Trinajstić information content (AvgIpc) is 2.62. The molecule has 0 unspecified atom stereocenters. The minimum absolute atomic E-state index is 0.0114. The van der Waals surface area contributed by atoms with E-state index in [0.717, 1.165) is 22.5 Å². The van der Waals surface area contributed by atoms with E-state index in [1.165, 1.54) is 0 Å². The minimum atomic E-state index is 0.0114. The number of hydrogen-bond donors (Lipinski definition) is 0. The summed E-state index contributed by atoms with van der Waals surface area (Å²) in [5, 5.41) is 0.625. The monoisotopic (exact) mass is 457 g/mol. The van der Waals surface area contributed by atoms with Crippen LogP contribution in [0.2, 0.25) is 5.02 Å². The number of benzene rings is 1. The number of ether oxygens (including phenoxy) is 1. The molecular formula is C17H17ClIN3O2. The molecule has 0 spiro atoms. The molecule has 2 heterocycles. The zero-order valence-corrected chi connectivity index (χ0v) is 15.9. The van der Waals surface area contributed by atoms with Crippen LogP contribution in [0.15, 0.2) is 42.6 Å². The molecule has 1 aromatic heterocycles. The van der Waals surface area contributed by atoms with Gasteiger partial charge in [0.25, 0.3) is 5.91 Å². The number of rotatable bonds is 4. The number of nitrogens with zero attached hydrogens (tertiary/aromatic N) is 3. The molecule has 0 N–H and O–H groups in total. The number of pyridine rings is 1. The molecular weight excluding hydrogens is 441 g/mol. The Morgan fingerprint density at radius 3 is 2.46 bits per heavy atom. The highest BCUT2D eigenvalue weighted by atomic mass is 127. The first-order chi connectivity index (χ1) is 11.6. The van der Waals surface area contributed by atoms with Crippen molar-refractivity contribution in [2.24, 2.45) is 0 Å². The Kier molecular flexibility index (Phi) is 5.78. The van der Waals surface area contributed by atoms with Crippen molar-refractivity contribution in [2.45, 2.75) is 0 Å². The van der Waals surface area contributed by atoms with Crippen LogP contribution in [0.3, 0.4) is 0 Å². The van der Waals surface area contributed by atoms with Gasteiger partial charge in [-0.25, -0.2) is 4.98 Å². The van der Waals surface area contributed by atoms with Gasteiger partial charge in [0.15, 0.2) is 6.61 Å². The van der Waals surface area contributed by atoms with Gasteiger partial charge in [-0.1, -0.05) is 11.6 Å². The van der Waals surface area contributed by atoms with Crippen molar-refractivity contribution in [3.05, 3.63) is 51.2 Å². The SMILES string of the molecule is O=C(COc1ccc(I)cc1)N1CCN(c2ccc(Cl)cn2)CC1. The highest BCUT2D eigenvalue weighted by Crippen LogP contribution is 2.17. The Morgan fingerprint density at radius 2 is 1.83 bits per heavy atom. The summed E-state index contributed by atoms with van der Waals surface area (Å²) in [5.41, 5.74) is 0. The average molecular weight is 458 g/mol. The summed E-state index contributed by atoms with van der Waals surface area (Å²) in [6.45, 7) is 2.91. The van der Waals surface area contributed by atoms with Crippen LogP contribution < -0.4 is 9.64 Å². The third-order valence-corrected chi connectivity index (χ3v) is 4.79. The third-order valence-electron chi connectivity index (χ3n) is 3.84. The highest BCUT2D eigenvalue weighted by molar-refractivity contribution is 14.1. The molecule has 1 aromatic carbocycles. The number of halogens is 2. The summed E-state index contributed by atoms with van der Waals surface area (Å²) in [6, 6.07) is 11.4. The van der Waals surface area contributed by atoms with Crippen LogP contribution in [-0.2, 0) is 4.79 Å². The fourth-order valence-corrected chi connectivity index (χ4v) is 2.98. The first-order valence-corrected chi connectivity index (χ1v) is 9.10. The molecule has 24 heavy (non-hydrogen) atoms. The number of aromatic nitrogens is 1. The van der Waals surface area contributed by atoms with E-state index >= 15 is 0 Å². The molecule has 126 valence electrons. The predicted octanol–water partition coefficient (Wildman–Crippen LogP) is 3.07. The normalized spacial score (nSPS) is 14.6. The lowest BCUT2D eigenvalue weighted by Gasteiger charge is -2.35. The predicted molar refractivity (Wildman–Crippen MR) is 103 cm³/mol. The molecule has 2 aromatic rings. The number of piperazine rings is 1. The van der Waals surface area contributed by atoms with E-state index in [1.54, 1.807) is 6.20 Å². The lowest BCUT2D eigenvalue weighted by atomic mass is 10.3. The lowest BCUT2D eigenvalue weighted by Crippen LogP contribution is -2.50. The van der Waals surface area contributed by atoms with E-state index < -0.39 is 0 Å². The molecule has 3 rings (SSSR count).